The number of Topliss-reactive ketones (excluding diaryl/α,β-unsaturated/α-hetero) is 1. The number of carbonyl (C=O) groups excluding carboxylic acids is 1. The molecule has 0 saturated carbocycles. The maximum absolute atomic E-state index is 13.2. The van der Waals surface area contributed by atoms with Crippen LogP contribution in [0.3, 0.4) is 0 Å². The number of carbonyl (C=O) groups is 1. The Morgan fingerprint density at radius 2 is 1.94 bits per heavy atom. The minimum atomic E-state index is -0.345. The molecule has 2 aliphatic rings. The van der Waals surface area contributed by atoms with Crippen LogP contribution in [0.4, 0.5) is 6.01 Å². The summed E-state index contributed by atoms with van der Waals surface area (Å²) in [5.74, 6) is 1.49. The maximum atomic E-state index is 13.2. The average Bonchev–Trinajstić information content (AvgIpc) is 3.14. The van der Waals surface area contributed by atoms with E-state index in [9.17, 15) is 4.79 Å². The molecule has 7 nitrogen and oxygen atoms in total. The van der Waals surface area contributed by atoms with Gasteiger partial charge in [-0.15, -0.1) is 0 Å². The minimum Gasteiger partial charge on any atom is -0.496 e. The molecule has 1 aliphatic heterocycles. The van der Waals surface area contributed by atoms with Gasteiger partial charge in [0.05, 0.1) is 18.4 Å². The maximum Gasteiger partial charge on any atom is 0.365 e. The highest BCUT2D eigenvalue weighted by Gasteiger charge is 2.42. The zero-order valence-corrected chi connectivity index (χ0v) is 17.8. The number of hydrogen-bond acceptors (Lipinski definition) is 6. The molecule has 2 aromatic carbocycles. The standard InChI is InChI=1S/C24H24N4O3/c1-24(2)12-16-20(17(29)13-24)21(14-8-4-6-10-18(14)30-3)27-22(25-16)28-23-26-15-9-5-7-11-19(15)31-23/h4-11,21H,12-13H2,1-3H3,(H2,25,26,27,28)/p+1/t21-/m0/s1. The van der Waals surface area contributed by atoms with Crippen LogP contribution in [0.5, 0.6) is 5.75 Å². The summed E-state index contributed by atoms with van der Waals surface area (Å²) < 4.78 is 11.4. The first-order chi connectivity index (χ1) is 14.9. The van der Waals surface area contributed by atoms with Crippen molar-refractivity contribution in [3.8, 4) is 5.75 Å². The Labute approximate surface area is 180 Å². The van der Waals surface area contributed by atoms with E-state index >= 15 is 0 Å². The smallest absolute Gasteiger partial charge is 0.365 e. The van der Waals surface area contributed by atoms with E-state index in [-0.39, 0.29) is 17.2 Å². The van der Waals surface area contributed by atoms with Crippen LogP contribution < -0.4 is 20.4 Å². The number of benzene rings is 2. The van der Waals surface area contributed by atoms with E-state index in [2.05, 4.69) is 34.5 Å². The van der Waals surface area contributed by atoms with E-state index in [1.165, 1.54) is 0 Å². The van der Waals surface area contributed by atoms with Crippen LogP contribution in [0.15, 0.2) is 64.2 Å². The number of guanidine groups is 1. The van der Waals surface area contributed by atoms with Gasteiger partial charge in [0.1, 0.15) is 17.3 Å². The Morgan fingerprint density at radius 1 is 1.16 bits per heavy atom. The Balaban J connectivity index is 1.57. The first-order valence-electron chi connectivity index (χ1n) is 10.4. The molecule has 0 saturated heterocycles. The zero-order chi connectivity index (χ0) is 21.6. The van der Waals surface area contributed by atoms with Crippen molar-refractivity contribution < 1.29 is 18.9 Å². The van der Waals surface area contributed by atoms with Gasteiger partial charge >= 0.3 is 12.0 Å². The molecule has 5 rings (SSSR count). The van der Waals surface area contributed by atoms with Crippen molar-refractivity contribution in [2.24, 2.45) is 5.41 Å². The molecule has 7 heteroatoms. The number of para-hydroxylation sites is 3. The van der Waals surface area contributed by atoms with E-state index < -0.39 is 0 Å². The molecule has 0 unspecified atom stereocenters. The van der Waals surface area contributed by atoms with Crippen molar-refractivity contribution in [2.45, 2.75) is 32.7 Å². The molecular formula is C24H25N4O3+. The molecule has 0 radical (unpaired) electrons. The van der Waals surface area contributed by atoms with Gasteiger partial charge in [0.25, 0.3) is 0 Å². The van der Waals surface area contributed by atoms with Crippen molar-refractivity contribution in [1.29, 1.82) is 0 Å². The molecule has 1 aliphatic carbocycles. The average molecular weight is 417 g/mol. The predicted molar refractivity (Wildman–Crippen MR) is 118 cm³/mol. The summed E-state index contributed by atoms with van der Waals surface area (Å²) >= 11 is 0. The third kappa shape index (κ3) is 3.56. The third-order valence-electron chi connectivity index (χ3n) is 5.75. The van der Waals surface area contributed by atoms with Gasteiger partial charge in [-0.05, 0) is 23.6 Å². The number of hydrogen-bond donors (Lipinski definition) is 3. The fourth-order valence-corrected chi connectivity index (χ4v) is 4.42. The summed E-state index contributed by atoms with van der Waals surface area (Å²) in [6, 6.07) is 15.4. The number of nitrogens with zero attached hydrogens (tertiary/aromatic N) is 1. The summed E-state index contributed by atoms with van der Waals surface area (Å²) in [5, 5.41) is 6.60. The minimum absolute atomic E-state index is 0.117. The second-order valence-electron chi connectivity index (χ2n) is 8.76. The largest absolute Gasteiger partial charge is 0.496 e. The first-order valence-corrected chi connectivity index (χ1v) is 10.4. The van der Waals surface area contributed by atoms with Gasteiger partial charge < -0.3 is 9.15 Å². The van der Waals surface area contributed by atoms with E-state index in [4.69, 9.17) is 9.15 Å². The van der Waals surface area contributed by atoms with Crippen LogP contribution >= 0.6 is 0 Å². The summed E-state index contributed by atoms with van der Waals surface area (Å²) in [5.41, 5.74) is 3.94. The van der Waals surface area contributed by atoms with Crippen LogP contribution in [-0.4, -0.2) is 23.8 Å². The van der Waals surface area contributed by atoms with Crippen molar-refractivity contribution in [3.63, 3.8) is 0 Å². The SMILES string of the molecule is COc1ccccc1[C@@H]1[NH+]=C(Nc2nc3ccccc3o2)NC2=C1C(=O)CC(C)(C)C2. The monoisotopic (exact) mass is 417 g/mol. The summed E-state index contributed by atoms with van der Waals surface area (Å²) in [6.45, 7) is 4.23. The second kappa shape index (κ2) is 7.27. The highest BCUT2D eigenvalue weighted by Crippen LogP contribution is 2.40. The molecule has 0 fully saturated rings. The predicted octanol–water partition coefficient (Wildman–Crippen LogP) is 2.67. The lowest BCUT2D eigenvalue weighted by Crippen LogP contribution is -2.82. The number of aromatic nitrogens is 1. The molecular weight excluding hydrogens is 392 g/mol. The van der Waals surface area contributed by atoms with Crippen molar-refractivity contribution in [2.75, 3.05) is 12.4 Å². The number of nitrogens with one attached hydrogen (secondary N) is 3. The zero-order valence-electron chi connectivity index (χ0n) is 17.8. The highest BCUT2D eigenvalue weighted by molar-refractivity contribution is 6.01. The summed E-state index contributed by atoms with van der Waals surface area (Å²) in [7, 11) is 1.64. The van der Waals surface area contributed by atoms with Gasteiger partial charge in [-0.3, -0.25) is 9.79 Å². The summed E-state index contributed by atoms with van der Waals surface area (Å²) in [6.07, 6.45) is 1.27. The van der Waals surface area contributed by atoms with Crippen LogP contribution in [-0.2, 0) is 4.79 Å². The molecule has 3 N–H and O–H groups in total. The van der Waals surface area contributed by atoms with Gasteiger partial charge in [0.15, 0.2) is 11.4 Å². The molecule has 0 amide bonds. The molecule has 3 aromatic rings. The molecule has 0 bridgehead atoms. The molecule has 31 heavy (non-hydrogen) atoms. The molecule has 1 aromatic heterocycles. The topological polar surface area (TPSA) is 90.4 Å². The normalized spacial score (nSPS) is 20.2. The Hall–Kier alpha value is -3.61. The van der Waals surface area contributed by atoms with Gasteiger partial charge in [-0.25, -0.2) is 5.32 Å². The van der Waals surface area contributed by atoms with Crippen molar-refractivity contribution >= 4 is 28.9 Å². The number of oxazole rings is 1. The number of rotatable bonds is 3. The van der Waals surface area contributed by atoms with Crippen LogP contribution in [0.2, 0.25) is 0 Å². The fourth-order valence-electron chi connectivity index (χ4n) is 4.42. The van der Waals surface area contributed by atoms with Crippen molar-refractivity contribution in [1.82, 2.24) is 10.3 Å². The van der Waals surface area contributed by atoms with Crippen LogP contribution in [0, 0.1) is 5.41 Å². The van der Waals surface area contributed by atoms with Gasteiger partial charge in [-0.2, -0.15) is 10.3 Å². The van der Waals surface area contributed by atoms with Gasteiger partial charge in [0, 0.05) is 18.4 Å². The lowest BCUT2D eigenvalue weighted by molar-refractivity contribution is -0.502. The van der Waals surface area contributed by atoms with Crippen LogP contribution in [0.1, 0.15) is 38.3 Å². The number of ketones is 1. The third-order valence-corrected chi connectivity index (χ3v) is 5.75. The lowest BCUT2D eigenvalue weighted by atomic mass is 9.73. The lowest BCUT2D eigenvalue weighted by Gasteiger charge is -2.34. The van der Waals surface area contributed by atoms with E-state index in [1.54, 1.807) is 7.11 Å². The quantitative estimate of drug-likeness (QED) is 0.607. The fraction of sp³-hybridized carbons (Fsp3) is 0.292. The number of anilines is 1. The second-order valence-corrected chi connectivity index (χ2v) is 8.76. The first kappa shape index (κ1) is 19.4. The Kier molecular flexibility index (Phi) is 4.54. The summed E-state index contributed by atoms with van der Waals surface area (Å²) in [4.78, 5) is 21.1. The molecule has 1 atom stereocenters. The van der Waals surface area contributed by atoms with Crippen LogP contribution in [0.25, 0.3) is 11.1 Å². The van der Waals surface area contributed by atoms with Crippen molar-refractivity contribution in [3.05, 3.63) is 65.4 Å². The Bertz CT molecular complexity index is 1210. The molecule has 0 spiro atoms. The molecule has 158 valence electrons. The molecule has 2 heterocycles. The number of allylic oxidation sites excluding steroid dienone is 1. The van der Waals surface area contributed by atoms with E-state index in [1.807, 2.05) is 48.5 Å². The number of ether oxygens (including phenoxy) is 1. The van der Waals surface area contributed by atoms with E-state index in [0.717, 1.165) is 34.5 Å². The van der Waals surface area contributed by atoms with Gasteiger partial charge in [0.2, 0.25) is 0 Å². The van der Waals surface area contributed by atoms with E-state index in [0.29, 0.717) is 24.0 Å². The number of methoxy groups -OCH3 is 1. The van der Waals surface area contributed by atoms with Gasteiger partial charge in [-0.1, -0.05) is 44.2 Å². The Morgan fingerprint density at radius 3 is 2.74 bits per heavy atom. The highest BCUT2D eigenvalue weighted by atomic mass is 16.5. The number of fused-ring (bicyclic) bond motifs is 1.